The fourth-order valence-corrected chi connectivity index (χ4v) is 1.90. The van der Waals surface area contributed by atoms with Crippen molar-refractivity contribution in [1.82, 2.24) is 24.8 Å². The first-order valence-electron chi connectivity index (χ1n) is 5.41. The highest BCUT2D eigenvalue weighted by Gasteiger charge is 2.13. The maximum absolute atomic E-state index is 11.6. The molecule has 2 aromatic rings. The summed E-state index contributed by atoms with van der Waals surface area (Å²) >= 11 is 5.17. The van der Waals surface area contributed by atoms with Gasteiger partial charge >= 0.3 is 0 Å². The number of aromatic nitrogens is 4. The van der Waals surface area contributed by atoms with Crippen molar-refractivity contribution in [2.24, 2.45) is 0 Å². The molecule has 1 amide bonds. The molecule has 0 saturated carbocycles. The lowest BCUT2D eigenvalue weighted by atomic mass is 10.5. The van der Waals surface area contributed by atoms with Crippen LogP contribution in [0, 0.1) is 4.77 Å². The van der Waals surface area contributed by atoms with Crippen molar-refractivity contribution in [3.63, 3.8) is 0 Å². The van der Waals surface area contributed by atoms with E-state index >= 15 is 0 Å². The zero-order chi connectivity index (χ0) is 13.1. The van der Waals surface area contributed by atoms with Crippen LogP contribution in [0.2, 0.25) is 0 Å². The normalized spacial score (nSPS) is 10.6. The first kappa shape index (κ1) is 12.5. The third-order valence-corrected chi connectivity index (χ3v) is 2.72. The number of nitrogens with one attached hydrogen (secondary N) is 2. The van der Waals surface area contributed by atoms with Gasteiger partial charge in [-0.1, -0.05) is 0 Å². The van der Waals surface area contributed by atoms with Crippen molar-refractivity contribution >= 4 is 29.3 Å². The monoisotopic (exact) mass is 267 g/mol. The highest BCUT2D eigenvalue weighted by molar-refractivity contribution is 7.71. The van der Waals surface area contributed by atoms with Crippen LogP contribution in [0.5, 0.6) is 5.88 Å². The van der Waals surface area contributed by atoms with Crippen LogP contribution in [0.15, 0.2) is 6.33 Å². The molecule has 0 saturated heterocycles. The topological polar surface area (TPSA) is 84.8 Å². The molecule has 2 heterocycles. The molecule has 2 aromatic heterocycles. The van der Waals surface area contributed by atoms with Gasteiger partial charge in [0.1, 0.15) is 18.4 Å². The molecule has 96 valence electrons. The number of rotatable bonds is 4. The van der Waals surface area contributed by atoms with Crippen LogP contribution in [0.3, 0.4) is 0 Å². The first-order valence-corrected chi connectivity index (χ1v) is 5.82. The number of fused-ring (bicyclic) bond motifs is 1. The van der Waals surface area contributed by atoms with Crippen molar-refractivity contribution < 1.29 is 9.53 Å². The molecule has 0 fully saturated rings. The van der Waals surface area contributed by atoms with Gasteiger partial charge < -0.3 is 15.0 Å². The fourth-order valence-electron chi connectivity index (χ4n) is 1.64. The molecule has 0 spiro atoms. The summed E-state index contributed by atoms with van der Waals surface area (Å²) < 4.78 is 7.13. The molecule has 0 bridgehead atoms. The molecule has 8 heteroatoms. The van der Waals surface area contributed by atoms with E-state index in [4.69, 9.17) is 17.0 Å². The van der Waals surface area contributed by atoms with Crippen LogP contribution in [0.25, 0.3) is 11.2 Å². The fraction of sp³-hybridized carbons (Fsp3) is 0.400. The van der Waals surface area contributed by atoms with Crippen LogP contribution < -0.4 is 10.1 Å². The minimum atomic E-state index is -0.118. The maximum atomic E-state index is 11.6. The minimum absolute atomic E-state index is 0.118. The van der Waals surface area contributed by atoms with Crippen molar-refractivity contribution in [2.75, 3.05) is 13.7 Å². The zero-order valence-corrected chi connectivity index (χ0v) is 10.9. The van der Waals surface area contributed by atoms with Crippen LogP contribution >= 0.6 is 12.2 Å². The van der Waals surface area contributed by atoms with Gasteiger partial charge in [0.15, 0.2) is 10.4 Å². The lowest BCUT2D eigenvalue weighted by Crippen LogP contribution is -2.27. The number of H-pyrrole nitrogens is 1. The second kappa shape index (κ2) is 5.13. The summed E-state index contributed by atoms with van der Waals surface area (Å²) in [6, 6.07) is 0. The lowest BCUT2D eigenvalue weighted by molar-refractivity contribution is -0.121. The van der Waals surface area contributed by atoms with E-state index in [0.29, 0.717) is 28.4 Å². The Balaban J connectivity index is 2.48. The van der Waals surface area contributed by atoms with E-state index in [1.165, 1.54) is 13.4 Å². The number of aromatic amines is 1. The molecule has 0 aliphatic carbocycles. The van der Waals surface area contributed by atoms with Gasteiger partial charge in [-0.3, -0.25) is 9.36 Å². The molecular weight excluding hydrogens is 254 g/mol. The lowest BCUT2D eigenvalue weighted by Gasteiger charge is -2.04. The van der Waals surface area contributed by atoms with Gasteiger partial charge in [-0.05, 0) is 19.1 Å². The van der Waals surface area contributed by atoms with Gasteiger partial charge in [0.2, 0.25) is 11.8 Å². The molecular formula is C10H13N5O2S. The SMILES string of the molecule is CCNC(=O)Cn1c(=S)[nH]c2c(OC)ncnc21. The van der Waals surface area contributed by atoms with Gasteiger partial charge in [-0.25, -0.2) is 4.98 Å². The van der Waals surface area contributed by atoms with E-state index in [1.54, 1.807) is 4.57 Å². The Morgan fingerprint density at radius 3 is 3.06 bits per heavy atom. The number of nitrogens with zero attached hydrogens (tertiary/aromatic N) is 3. The summed E-state index contributed by atoms with van der Waals surface area (Å²) in [5.41, 5.74) is 1.15. The molecule has 18 heavy (non-hydrogen) atoms. The average molecular weight is 267 g/mol. The Hall–Kier alpha value is -1.96. The number of likely N-dealkylation sites (N-methyl/N-ethyl adjacent to an activating group) is 1. The van der Waals surface area contributed by atoms with Gasteiger partial charge in [0.25, 0.3) is 0 Å². The second-order valence-electron chi connectivity index (χ2n) is 3.55. The number of ether oxygens (including phenoxy) is 1. The quantitative estimate of drug-likeness (QED) is 0.794. The molecule has 2 rings (SSSR count). The Kier molecular flexibility index (Phi) is 3.56. The average Bonchev–Trinajstić information content (AvgIpc) is 2.66. The standard InChI is InChI=1S/C10H13N5O2S/c1-3-11-6(16)4-15-8-7(14-10(15)18)9(17-2)13-5-12-8/h5H,3-4H2,1-2H3,(H,11,16)(H,14,18). The summed E-state index contributed by atoms with van der Waals surface area (Å²) in [7, 11) is 1.51. The van der Waals surface area contributed by atoms with Crippen LogP contribution in [-0.4, -0.2) is 39.1 Å². The number of amides is 1. The Labute approximate surface area is 108 Å². The highest BCUT2D eigenvalue weighted by Crippen LogP contribution is 2.19. The Bertz CT molecular complexity index is 633. The van der Waals surface area contributed by atoms with E-state index < -0.39 is 0 Å². The molecule has 0 radical (unpaired) electrons. The van der Waals surface area contributed by atoms with Gasteiger partial charge in [-0.2, -0.15) is 4.98 Å². The second-order valence-corrected chi connectivity index (χ2v) is 3.94. The smallest absolute Gasteiger partial charge is 0.242 e. The van der Waals surface area contributed by atoms with Gasteiger partial charge in [-0.15, -0.1) is 0 Å². The molecule has 7 nitrogen and oxygen atoms in total. The zero-order valence-electron chi connectivity index (χ0n) is 10.1. The van der Waals surface area contributed by atoms with E-state index in [0.717, 1.165) is 0 Å². The van der Waals surface area contributed by atoms with Crippen molar-refractivity contribution in [2.45, 2.75) is 13.5 Å². The van der Waals surface area contributed by atoms with Crippen LogP contribution in [-0.2, 0) is 11.3 Å². The summed E-state index contributed by atoms with van der Waals surface area (Å²) in [4.78, 5) is 22.6. The maximum Gasteiger partial charge on any atom is 0.242 e. The van der Waals surface area contributed by atoms with Gasteiger partial charge in [0, 0.05) is 6.54 Å². The molecule has 0 aliphatic rings. The summed E-state index contributed by atoms with van der Waals surface area (Å²) in [6.07, 6.45) is 1.37. The Morgan fingerprint density at radius 2 is 2.39 bits per heavy atom. The number of carbonyl (C=O) groups is 1. The van der Waals surface area contributed by atoms with Gasteiger partial charge in [0.05, 0.1) is 7.11 Å². The third kappa shape index (κ3) is 2.19. The van der Waals surface area contributed by atoms with Crippen molar-refractivity contribution in [3.05, 3.63) is 11.1 Å². The van der Waals surface area contributed by atoms with Crippen LogP contribution in [0.1, 0.15) is 6.92 Å². The highest BCUT2D eigenvalue weighted by atomic mass is 32.1. The third-order valence-electron chi connectivity index (χ3n) is 2.39. The van der Waals surface area contributed by atoms with Crippen molar-refractivity contribution in [3.8, 4) is 5.88 Å². The van der Waals surface area contributed by atoms with Crippen molar-refractivity contribution in [1.29, 1.82) is 0 Å². The predicted octanol–water partition coefficient (Wildman–Crippen LogP) is 0.634. The van der Waals surface area contributed by atoms with E-state index in [1.807, 2.05) is 6.92 Å². The summed E-state index contributed by atoms with van der Waals surface area (Å²) in [6.45, 7) is 2.55. The minimum Gasteiger partial charge on any atom is -0.479 e. The summed E-state index contributed by atoms with van der Waals surface area (Å²) in [5.74, 6) is 0.285. The summed E-state index contributed by atoms with van der Waals surface area (Å²) in [5, 5.41) is 2.71. The molecule has 0 atom stereocenters. The van der Waals surface area contributed by atoms with E-state index in [2.05, 4.69) is 20.3 Å². The first-order chi connectivity index (χ1) is 8.67. The molecule has 2 N–H and O–H groups in total. The number of hydrogen-bond donors (Lipinski definition) is 2. The largest absolute Gasteiger partial charge is 0.479 e. The van der Waals surface area contributed by atoms with E-state index in [9.17, 15) is 4.79 Å². The Morgan fingerprint density at radius 1 is 1.61 bits per heavy atom. The number of imidazole rings is 1. The molecule has 0 aromatic carbocycles. The molecule has 0 unspecified atom stereocenters. The predicted molar refractivity (Wildman–Crippen MR) is 67.9 cm³/mol. The number of carbonyl (C=O) groups excluding carboxylic acids is 1. The van der Waals surface area contributed by atoms with Crippen LogP contribution in [0.4, 0.5) is 0 Å². The number of methoxy groups -OCH3 is 1. The molecule has 0 aliphatic heterocycles. The number of hydrogen-bond acceptors (Lipinski definition) is 5. The van der Waals surface area contributed by atoms with E-state index in [-0.39, 0.29) is 12.5 Å².